The van der Waals surface area contributed by atoms with Crippen molar-refractivity contribution >= 4 is 25.9 Å². The Morgan fingerprint density at radius 2 is 1.55 bits per heavy atom. The molecule has 2 aliphatic heterocycles. The van der Waals surface area contributed by atoms with Gasteiger partial charge in [-0.05, 0) is 63.2 Å². The molecule has 40 heavy (non-hydrogen) atoms. The summed E-state index contributed by atoms with van der Waals surface area (Å²) >= 11 is 0. The minimum Gasteiger partial charge on any atom is -0.459 e. The maximum absolute atomic E-state index is 14.2. The minimum atomic E-state index is -2.28. The Kier molecular flexibility index (Phi) is 10.9. The van der Waals surface area contributed by atoms with Gasteiger partial charge in [-0.25, -0.2) is 0 Å². The summed E-state index contributed by atoms with van der Waals surface area (Å²) in [5.74, 6) is -1.45. The summed E-state index contributed by atoms with van der Waals surface area (Å²) in [7, 11) is -2.28. The first-order valence-electron chi connectivity index (χ1n) is 15.2. The second-order valence-corrected chi connectivity index (χ2v) is 16.9. The van der Waals surface area contributed by atoms with Gasteiger partial charge in [0.1, 0.15) is 17.3 Å². The van der Waals surface area contributed by atoms with Crippen LogP contribution in [0.2, 0.25) is 18.1 Å². The molecule has 2 heterocycles. The number of benzene rings is 1. The molecule has 0 unspecified atom stereocenters. The highest BCUT2D eigenvalue weighted by atomic mass is 28.4. The van der Waals surface area contributed by atoms with Crippen molar-refractivity contribution in [1.29, 1.82) is 0 Å². The third-order valence-electron chi connectivity index (χ3n) is 9.52. The lowest BCUT2D eigenvalue weighted by Crippen LogP contribution is -2.58. The Bertz CT molecular complexity index is 1020. The number of hydrogen-bond acceptors (Lipinski definition) is 7. The van der Waals surface area contributed by atoms with E-state index in [1.165, 1.54) is 0 Å². The van der Waals surface area contributed by atoms with Crippen LogP contribution in [0.5, 0.6) is 0 Å². The molecule has 224 valence electrons. The van der Waals surface area contributed by atoms with Crippen molar-refractivity contribution in [3.8, 4) is 0 Å². The SMILES string of the molecule is CC[C@H]1OC(=O)[C@H](C)[C@@H](OCc2ccccc2)CC(=O)[C@@]2(C)C[C@@H](C)[C@@H](CC(=O)[C@]1(C)O[Si](CC)(CC)CC)O2. The van der Waals surface area contributed by atoms with Crippen LogP contribution in [-0.4, -0.2) is 55.4 Å². The zero-order valence-electron chi connectivity index (χ0n) is 25.8. The highest BCUT2D eigenvalue weighted by molar-refractivity contribution is 6.73. The summed E-state index contributed by atoms with van der Waals surface area (Å²) < 4.78 is 25.7. The third kappa shape index (κ3) is 6.94. The molecular weight excluding hydrogens is 524 g/mol. The zero-order chi connectivity index (χ0) is 29.7. The van der Waals surface area contributed by atoms with Gasteiger partial charge >= 0.3 is 5.97 Å². The second kappa shape index (κ2) is 13.4. The number of ketones is 2. The molecule has 0 radical (unpaired) electrons. The number of rotatable bonds is 9. The fourth-order valence-electron chi connectivity index (χ4n) is 6.31. The van der Waals surface area contributed by atoms with E-state index in [1.54, 1.807) is 20.8 Å². The topological polar surface area (TPSA) is 88.1 Å². The summed E-state index contributed by atoms with van der Waals surface area (Å²) in [5, 5.41) is 0. The normalized spacial score (nSPS) is 34.1. The van der Waals surface area contributed by atoms with Crippen molar-refractivity contribution < 1.29 is 33.0 Å². The Hall–Kier alpha value is -1.87. The molecule has 3 rings (SSSR count). The van der Waals surface area contributed by atoms with Crippen LogP contribution in [0.1, 0.15) is 86.6 Å². The van der Waals surface area contributed by atoms with Crippen LogP contribution in [0, 0.1) is 11.8 Å². The molecule has 7 nitrogen and oxygen atoms in total. The lowest BCUT2D eigenvalue weighted by atomic mass is 9.83. The molecule has 2 saturated heterocycles. The first-order valence-corrected chi connectivity index (χ1v) is 17.7. The molecule has 0 aromatic heterocycles. The number of Topliss-reactive ketones (excluding diaryl/α,β-unsaturated/α-hetero) is 2. The van der Waals surface area contributed by atoms with Crippen LogP contribution >= 0.6 is 0 Å². The number of carbonyl (C=O) groups excluding carboxylic acids is 3. The first-order chi connectivity index (χ1) is 18.9. The molecule has 8 heteroatoms. The average Bonchev–Trinajstić information content (AvgIpc) is 3.25. The standard InChI is InChI=1S/C32H50O7Si/c1-9-29-32(8,39-40(10-2,11-3)12-4)28(34)18-25-22(5)20-31(7,38-25)27(33)19-26(23(6)30(35)37-29)36-21-24-16-14-13-15-17-24/h13-17,22-23,25-26,29H,9-12,18-21H2,1-8H3/t22-,23-,25-,26+,29-,31-,32+/m1/s1. The van der Waals surface area contributed by atoms with Gasteiger partial charge in [-0.1, -0.05) is 65.0 Å². The number of ether oxygens (including phenoxy) is 3. The zero-order valence-corrected chi connectivity index (χ0v) is 26.8. The van der Waals surface area contributed by atoms with Gasteiger partial charge in [0.05, 0.1) is 24.7 Å². The van der Waals surface area contributed by atoms with Crippen molar-refractivity contribution in [2.24, 2.45) is 11.8 Å². The Morgan fingerprint density at radius 1 is 0.925 bits per heavy atom. The van der Waals surface area contributed by atoms with Gasteiger partial charge in [0.25, 0.3) is 0 Å². The van der Waals surface area contributed by atoms with Crippen molar-refractivity contribution in [2.45, 2.75) is 135 Å². The van der Waals surface area contributed by atoms with Crippen molar-refractivity contribution in [3.05, 3.63) is 35.9 Å². The lowest BCUT2D eigenvalue weighted by Gasteiger charge is -2.43. The summed E-state index contributed by atoms with van der Waals surface area (Å²) in [5.41, 5.74) is -1.40. The van der Waals surface area contributed by atoms with Crippen LogP contribution in [0.25, 0.3) is 0 Å². The van der Waals surface area contributed by atoms with Crippen LogP contribution < -0.4 is 0 Å². The van der Waals surface area contributed by atoms with E-state index in [4.69, 9.17) is 18.6 Å². The molecule has 0 N–H and O–H groups in total. The van der Waals surface area contributed by atoms with Crippen molar-refractivity contribution in [2.75, 3.05) is 0 Å². The predicted molar refractivity (Wildman–Crippen MR) is 157 cm³/mol. The van der Waals surface area contributed by atoms with Gasteiger partial charge in [-0.3, -0.25) is 14.4 Å². The fraction of sp³-hybridized carbons (Fsp3) is 0.719. The van der Waals surface area contributed by atoms with Crippen LogP contribution in [0.15, 0.2) is 30.3 Å². The minimum absolute atomic E-state index is 0.0133. The van der Waals surface area contributed by atoms with E-state index in [2.05, 4.69) is 20.8 Å². The Labute approximate surface area is 241 Å². The highest BCUT2D eigenvalue weighted by Gasteiger charge is 2.53. The number of cyclic esters (lactones) is 1. The number of carbonyl (C=O) groups is 3. The molecule has 0 aliphatic carbocycles. The molecule has 1 aromatic carbocycles. The molecule has 2 fully saturated rings. The molecule has 0 amide bonds. The second-order valence-electron chi connectivity index (χ2n) is 12.2. The van der Waals surface area contributed by atoms with Crippen LogP contribution in [0.3, 0.4) is 0 Å². The maximum Gasteiger partial charge on any atom is 0.311 e. The van der Waals surface area contributed by atoms with E-state index < -0.39 is 49.7 Å². The molecule has 2 bridgehead atoms. The fourth-order valence-corrected chi connectivity index (χ4v) is 9.39. The van der Waals surface area contributed by atoms with Gasteiger partial charge in [0.15, 0.2) is 19.9 Å². The first kappa shape index (κ1) is 32.6. The van der Waals surface area contributed by atoms with Gasteiger partial charge < -0.3 is 18.6 Å². The van der Waals surface area contributed by atoms with E-state index in [-0.39, 0.29) is 36.9 Å². The largest absolute Gasteiger partial charge is 0.459 e. The summed E-state index contributed by atoms with van der Waals surface area (Å²) in [6, 6.07) is 12.3. The molecule has 1 aromatic rings. The molecular formula is C32H50O7Si. The molecule has 2 aliphatic rings. The highest BCUT2D eigenvalue weighted by Crippen LogP contribution is 2.41. The maximum atomic E-state index is 14.2. The average molecular weight is 575 g/mol. The number of esters is 1. The Balaban J connectivity index is 2.03. The summed E-state index contributed by atoms with van der Waals surface area (Å²) in [6.45, 7) is 15.9. The smallest absolute Gasteiger partial charge is 0.311 e. The quantitative estimate of drug-likeness (QED) is 0.248. The third-order valence-corrected chi connectivity index (χ3v) is 14.2. The molecule has 0 saturated carbocycles. The van der Waals surface area contributed by atoms with Gasteiger partial charge in [0, 0.05) is 12.8 Å². The monoisotopic (exact) mass is 574 g/mol. The number of hydrogen-bond donors (Lipinski definition) is 0. The van der Waals surface area contributed by atoms with E-state index in [0.717, 1.165) is 23.7 Å². The van der Waals surface area contributed by atoms with E-state index in [9.17, 15) is 14.4 Å². The van der Waals surface area contributed by atoms with E-state index in [1.807, 2.05) is 44.2 Å². The van der Waals surface area contributed by atoms with Gasteiger partial charge in [0.2, 0.25) is 0 Å². The van der Waals surface area contributed by atoms with E-state index >= 15 is 0 Å². The van der Waals surface area contributed by atoms with Crippen molar-refractivity contribution in [3.63, 3.8) is 0 Å². The van der Waals surface area contributed by atoms with Crippen molar-refractivity contribution in [1.82, 2.24) is 0 Å². The molecule has 0 spiro atoms. The Morgan fingerprint density at radius 3 is 2.12 bits per heavy atom. The lowest BCUT2D eigenvalue weighted by molar-refractivity contribution is -0.175. The van der Waals surface area contributed by atoms with Crippen LogP contribution in [0.4, 0.5) is 0 Å². The van der Waals surface area contributed by atoms with Gasteiger partial charge in [-0.2, -0.15) is 0 Å². The summed E-state index contributed by atoms with van der Waals surface area (Å²) in [6.07, 6.45) is -0.808. The van der Waals surface area contributed by atoms with E-state index in [0.29, 0.717) is 12.8 Å². The summed E-state index contributed by atoms with van der Waals surface area (Å²) in [4.78, 5) is 41.5. The number of fused-ring (bicyclic) bond motifs is 2. The molecule has 7 atom stereocenters. The van der Waals surface area contributed by atoms with Crippen LogP contribution in [-0.2, 0) is 39.6 Å². The van der Waals surface area contributed by atoms with Gasteiger partial charge in [-0.15, -0.1) is 0 Å². The predicted octanol–water partition coefficient (Wildman–Crippen LogP) is 6.43.